The first-order chi connectivity index (χ1) is 9.31. The first-order valence-corrected chi connectivity index (χ1v) is 7.32. The van der Waals surface area contributed by atoms with Gasteiger partial charge in [0.05, 0.1) is 0 Å². The number of hydrogen-bond acceptors (Lipinski definition) is 1. The van der Waals surface area contributed by atoms with E-state index in [1.807, 2.05) is 45.9 Å². The summed E-state index contributed by atoms with van der Waals surface area (Å²) < 4.78 is 15.2. The predicted octanol–water partition coefficient (Wildman–Crippen LogP) is 4.90. The molecule has 0 spiro atoms. The molecule has 2 rings (SSSR count). The molecule has 1 unspecified atom stereocenters. The van der Waals surface area contributed by atoms with Gasteiger partial charge in [0.2, 0.25) is 0 Å². The Labute approximate surface area is 127 Å². The van der Waals surface area contributed by atoms with Gasteiger partial charge in [0.1, 0.15) is 11.9 Å². The fraction of sp³-hybridized carbons (Fsp3) is 0.294. The zero-order chi connectivity index (χ0) is 15.0. The molecule has 1 nitrogen and oxygen atoms in total. The molecule has 0 aliphatic rings. The molecule has 3 heteroatoms. The quantitative estimate of drug-likeness (QED) is 0.826. The van der Waals surface area contributed by atoms with E-state index in [0.717, 1.165) is 26.7 Å². The fourth-order valence-electron chi connectivity index (χ4n) is 2.58. The Morgan fingerprint density at radius 1 is 0.950 bits per heavy atom. The van der Waals surface area contributed by atoms with Crippen molar-refractivity contribution in [2.75, 3.05) is 0 Å². The minimum absolute atomic E-state index is 0.353. The first kappa shape index (κ1) is 15.2. The van der Waals surface area contributed by atoms with Gasteiger partial charge in [-0.2, -0.15) is 0 Å². The summed E-state index contributed by atoms with van der Waals surface area (Å²) in [7, 11) is 0. The Kier molecular flexibility index (Phi) is 4.31. The van der Waals surface area contributed by atoms with Crippen LogP contribution in [0.25, 0.3) is 0 Å². The minimum Gasteiger partial charge on any atom is -0.384 e. The van der Waals surface area contributed by atoms with Crippen LogP contribution in [0, 0.1) is 33.5 Å². The fourth-order valence-corrected chi connectivity index (χ4v) is 2.81. The van der Waals surface area contributed by atoms with Crippen molar-refractivity contribution in [2.45, 2.75) is 33.8 Å². The zero-order valence-corrected chi connectivity index (χ0v) is 13.7. The van der Waals surface area contributed by atoms with Crippen LogP contribution in [0.3, 0.4) is 0 Å². The van der Waals surface area contributed by atoms with Crippen LogP contribution in [0.2, 0.25) is 0 Å². The lowest BCUT2D eigenvalue weighted by Crippen LogP contribution is -2.06. The highest BCUT2D eigenvalue weighted by Gasteiger charge is 2.19. The highest BCUT2D eigenvalue weighted by atomic mass is 79.9. The minimum atomic E-state index is -0.943. The molecule has 0 saturated carbocycles. The van der Waals surface area contributed by atoms with Crippen molar-refractivity contribution in [3.8, 4) is 0 Å². The molecule has 0 aliphatic heterocycles. The molecule has 0 saturated heterocycles. The van der Waals surface area contributed by atoms with Crippen molar-refractivity contribution in [2.24, 2.45) is 0 Å². The maximum absolute atomic E-state index is 14.2. The summed E-state index contributed by atoms with van der Waals surface area (Å²) >= 11 is 3.50. The molecule has 1 atom stereocenters. The van der Waals surface area contributed by atoms with Gasteiger partial charge in [-0.1, -0.05) is 34.1 Å². The Hall–Kier alpha value is -1.19. The van der Waals surface area contributed by atoms with Crippen molar-refractivity contribution in [1.29, 1.82) is 0 Å². The number of halogens is 2. The second-order valence-corrected chi connectivity index (χ2v) is 6.14. The Morgan fingerprint density at radius 2 is 1.50 bits per heavy atom. The molecule has 20 heavy (non-hydrogen) atoms. The highest BCUT2D eigenvalue weighted by molar-refractivity contribution is 9.10. The van der Waals surface area contributed by atoms with E-state index in [0.29, 0.717) is 11.1 Å². The molecular weight excluding hydrogens is 319 g/mol. The van der Waals surface area contributed by atoms with Gasteiger partial charge in [-0.25, -0.2) is 4.39 Å². The van der Waals surface area contributed by atoms with Gasteiger partial charge in [-0.15, -0.1) is 0 Å². The monoisotopic (exact) mass is 336 g/mol. The van der Waals surface area contributed by atoms with Crippen LogP contribution in [0.4, 0.5) is 4.39 Å². The molecule has 2 aromatic rings. The number of aliphatic hydroxyl groups excluding tert-OH is 1. The lowest BCUT2D eigenvalue weighted by molar-refractivity contribution is 0.214. The Morgan fingerprint density at radius 3 is 2.00 bits per heavy atom. The number of rotatable bonds is 2. The van der Waals surface area contributed by atoms with Gasteiger partial charge in [0.25, 0.3) is 0 Å². The van der Waals surface area contributed by atoms with Crippen molar-refractivity contribution in [1.82, 2.24) is 0 Å². The summed E-state index contributed by atoms with van der Waals surface area (Å²) in [5.74, 6) is -0.353. The molecule has 0 radical (unpaired) electrons. The number of aliphatic hydroxyl groups is 1. The normalized spacial score (nSPS) is 12.6. The molecule has 0 bridgehead atoms. The van der Waals surface area contributed by atoms with Crippen molar-refractivity contribution in [3.63, 3.8) is 0 Å². The van der Waals surface area contributed by atoms with Gasteiger partial charge in [0, 0.05) is 10.0 Å². The van der Waals surface area contributed by atoms with Crippen LogP contribution < -0.4 is 0 Å². The topological polar surface area (TPSA) is 20.2 Å². The van der Waals surface area contributed by atoms with Crippen LogP contribution in [0.15, 0.2) is 28.7 Å². The molecule has 0 amide bonds. The summed E-state index contributed by atoms with van der Waals surface area (Å²) in [6.07, 6.45) is -0.943. The summed E-state index contributed by atoms with van der Waals surface area (Å²) in [4.78, 5) is 0. The lowest BCUT2D eigenvalue weighted by atomic mass is 9.93. The van der Waals surface area contributed by atoms with E-state index >= 15 is 0 Å². The molecule has 0 aliphatic carbocycles. The summed E-state index contributed by atoms with van der Waals surface area (Å²) in [5, 5.41) is 10.5. The average molecular weight is 337 g/mol. The molecule has 0 heterocycles. The number of hydrogen-bond donors (Lipinski definition) is 1. The predicted molar refractivity (Wildman–Crippen MR) is 83.6 cm³/mol. The largest absolute Gasteiger partial charge is 0.384 e. The Bertz CT molecular complexity index is 618. The first-order valence-electron chi connectivity index (χ1n) is 6.52. The van der Waals surface area contributed by atoms with Crippen molar-refractivity contribution >= 4 is 15.9 Å². The summed E-state index contributed by atoms with van der Waals surface area (Å²) in [6, 6.07) is 7.13. The van der Waals surface area contributed by atoms with E-state index in [1.54, 1.807) is 0 Å². The summed E-state index contributed by atoms with van der Waals surface area (Å²) in [5.41, 5.74) is 4.77. The van der Waals surface area contributed by atoms with Crippen LogP contribution in [0.1, 0.15) is 39.5 Å². The van der Waals surface area contributed by atoms with Crippen LogP contribution in [0.5, 0.6) is 0 Å². The smallest absolute Gasteiger partial charge is 0.129 e. The van der Waals surface area contributed by atoms with E-state index < -0.39 is 6.10 Å². The molecule has 2 aromatic carbocycles. The third-order valence-corrected chi connectivity index (χ3v) is 4.78. The Balaban J connectivity index is 2.55. The van der Waals surface area contributed by atoms with E-state index in [-0.39, 0.29) is 5.82 Å². The average Bonchev–Trinajstić information content (AvgIpc) is 2.33. The van der Waals surface area contributed by atoms with Crippen LogP contribution in [-0.4, -0.2) is 5.11 Å². The van der Waals surface area contributed by atoms with Gasteiger partial charge >= 0.3 is 0 Å². The highest BCUT2D eigenvalue weighted by Crippen LogP contribution is 2.31. The van der Waals surface area contributed by atoms with Crippen LogP contribution in [-0.2, 0) is 0 Å². The van der Waals surface area contributed by atoms with E-state index in [4.69, 9.17) is 0 Å². The standard InChI is InChI=1S/C17H18BrFO/c1-9-5-10(2)15(14(19)6-9)17(20)13-7-11(3)16(18)12(4)8-13/h5-8,17,20H,1-4H3. The third kappa shape index (κ3) is 2.79. The van der Waals surface area contributed by atoms with Gasteiger partial charge in [-0.05, 0) is 61.6 Å². The number of aryl methyl sites for hydroxylation is 4. The van der Waals surface area contributed by atoms with E-state index in [9.17, 15) is 9.50 Å². The SMILES string of the molecule is Cc1cc(C)c(C(O)c2cc(C)c(Br)c(C)c2)c(F)c1. The van der Waals surface area contributed by atoms with Gasteiger partial charge in [0.15, 0.2) is 0 Å². The number of benzene rings is 2. The van der Waals surface area contributed by atoms with Gasteiger partial charge in [-0.3, -0.25) is 0 Å². The molecular formula is C17H18BrFO. The second-order valence-electron chi connectivity index (χ2n) is 5.35. The maximum atomic E-state index is 14.2. The molecule has 0 fully saturated rings. The lowest BCUT2D eigenvalue weighted by Gasteiger charge is -2.18. The van der Waals surface area contributed by atoms with Crippen molar-refractivity contribution < 1.29 is 9.50 Å². The van der Waals surface area contributed by atoms with Gasteiger partial charge < -0.3 is 5.11 Å². The summed E-state index contributed by atoms with van der Waals surface area (Å²) in [6.45, 7) is 7.60. The molecule has 0 aromatic heterocycles. The molecule has 1 N–H and O–H groups in total. The maximum Gasteiger partial charge on any atom is 0.129 e. The zero-order valence-electron chi connectivity index (χ0n) is 12.1. The van der Waals surface area contributed by atoms with Crippen LogP contribution >= 0.6 is 15.9 Å². The second kappa shape index (κ2) is 5.66. The van der Waals surface area contributed by atoms with E-state index in [1.165, 1.54) is 6.07 Å². The van der Waals surface area contributed by atoms with Crippen molar-refractivity contribution in [3.05, 3.63) is 67.9 Å². The molecule has 106 valence electrons. The van der Waals surface area contributed by atoms with E-state index in [2.05, 4.69) is 15.9 Å². The third-order valence-electron chi connectivity index (χ3n) is 3.53.